The van der Waals surface area contributed by atoms with Crippen molar-refractivity contribution in [1.29, 1.82) is 0 Å². The fourth-order valence-corrected chi connectivity index (χ4v) is 5.13. The lowest BCUT2D eigenvalue weighted by atomic mass is 9.89. The number of likely N-dealkylation sites (tertiary alicyclic amines) is 1. The van der Waals surface area contributed by atoms with Gasteiger partial charge in [-0.15, -0.1) is 24.8 Å². The Morgan fingerprint density at radius 3 is 2.21 bits per heavy atom. The van der Waals surface area contributed by atoms with Crippen LogP contribution < -0.4 is 10.6 Å². The van der Waals surface area contributed by atoms with E-state index in [-0.39, 0.29) is 30.8 Å². The van der Waals surface area contributed by atoms with Gasteiger partial charge in [0.25, 0.3) is 0 Å². The van der Waals surface area contributed by atoms with Gasteiger partial charge in [-0.25, -0.2) is 4.79 Å². The van der Waals surface area contributed by atoms with Crippen molar-refractivity contribution < 1.29 is 4.79 Å². The minimum atomic E-state index is 0. The first-order valence-electron chi connectivity index (χ1n) is 9.36. The normalized spacial score (nSPS) is 32.5. The molecule has 0 unspecified atom stereocenters. The van der Waals surface area contributed by atoms with Gasteiger partial charge in [-0.2, -0.15) is 0 Å². The summed E-state index contributed by atoms with van der Waals surface area (Å²) in [6.07, 6.45) is 9.88. The van der Waals surface area contributed by atoms with Crippen LogP contribution in [0.3, 0.4) is 0 Å². The zero-order chi connectivity index (χ0) is 14.9. The highest BCUT2D eigenvalue weighted by Crippen LogP contribution is 2.32. The van der Waals surface area contributed by atoms with E-state index in [1.54, 1.807) is 0 Å². The molecule has 0 radical (unpaired) electrons. The zero-order valence-corrected chi connectivity index (χ0v) is 16.0. The molecule has 5 nitrogen and oxygen atoms in total. The molecule has 0 spiro atoms. The molecule has 140 valence electrons. The van der Waals surface area contributed by atoms with E-state index < -0.39 is 0 Å². The third-order valence-corrected chi connectivity index (χ3v) is 6.35. The fraction of sp³-hybridized carbons (Fsp3) is 0.941. The smallest absolute Gasteiger partial charge is 0.318 e. The van der Waals surface area contributed by atoms with E-state index in [9.17, 15) is 4.79 Å². The Balaban J connectivity index is 0.00000104. The predicted molar refractivity (Wildman–Crippen MR) is 101 cm³/mol. The minimum Gasteiger partial charge on any atom is -0.333 e. The molecule has 7 heteroatoms. The van der Waals surface area contributed by atoms with E-state index in [0.29, 0.717) is 18.1 Å². The molecular weight excluding hydrogens is 347 g/mol. The van der Waals surface area contributed by atoms with Crippen molar-refractivity contribution in [3.8, 4) is 0 Å². The predicted octanol–water partition coefficient (Wildman–Crippen LogP) is 2.38. The highest BCUT2D eigenvalue weighted by molar-refractivity contribution is 5.85. The van der Waals surface area contributed by atoms with Gasteiger partial charge in [0.15, 0.2) is 0 Å². The zero-order valence-electron chi connectivity index (χ0n) is 14.4. The highest BCUT2D eigenvalue weighted by Gasteiger charge is 2.44. The van der Waals surface area contributed by atoms with Crippen molar-refractivity contribution >= 4 is 30.8 Å². The summed E-state index contributed by atoms with van der Waals surface area (Å²) in [5, 5.41) is 6.70. The summed E-state index contributed by atoms with van der Waals surface area (Å²) in [6.45, 7) is 4.69. The first-order valence-corrected chi connectivity index (χ1v) is 9.36. The second-order valence-electron chi connectivity index (χ2n) is 7.56. The van der Waals surface area contributed by atoms with Crippen molar-refractivity contribution in [2.75, 3.05) is 26.2 Å². The Morgan fingerprint density at radius 1 is 0.833 bits per heavy atom. The van der Waals surface area contributed by atoms with Gasteiger partial charge in [0.2, 0.25) is 0 Å². The second-order valence-corrected chi connectivity index (χ2v) is 7.56. The molecule has 2 atom stereocenters. The standard InChI is InChI=1S/C17H30N4O.2ClH/c22-17-19-15-3-1-2-4-16(15)21(17)14-7-11-20(12-8-14)13-5-9-18-10-6-13;;/h13-16,18H,1-12H2,(H,19,22);2*1H/t15-,16-;;/m0../s1. The van der Waals surface area contributed by atoms with Crippen molar-refractivity contribution in [3.63, 3.8) is 0 Å². The van der Waals surface area contributed by atoms with Gasteiger partial charge in [0.05, 0.1) is 12.1 Å². The molecule has 0 aromatic carbocycles. The van der Waals surface area contributed by atoms with Gasteiger partial charge in [-0.05, 0) is 51.6 Å². The van der Waals surface area contributed by atoms with Gasteiger partial charge in [-0.3, -0.25) is 0 Å². The summed E-state index contributed by atoms with van der Waals surface area (Å²) in [5.41, 5.74) is 0. The summed E-state index contributed by atoms with van der Waals surface area (Å²) >= 11 is 0. The summed E-state index contributed by atoms with van der Waals surface area (Å²) in [7, 11) is 0. The molecule has 24 heavy (non-hydrogen) atoms. The van der Waals surface area contributed by atoms with Crippen LogP contribution >= 0.6 is 24.8 Å². The van der Waals surface area contributed by atoms with Gasteiger partial charge in [0, 0.05) is 25.2 Å². The molecule has 3 aliphatic heterocycles. The number of hydrogen-bond acceptors (Lipinski definition) is 3. The van der Waals surface area contributed by atoms with Gasteiger partial charge >= 0.3 is 6.03 Å². The Labute approximate surface area is 158 Å². The van der Waals surface area contributed by atoms with E-state index in [1.165, 1.54) is 77.5 Å². The molecule has 0 aromatic rings. The Bertz CT molecular complexity index is 411. The van der Waals surface area contributed by atoms with Crippen molar-refractivity contribution in [1.82, 2.24) is 20.4 Å². The van der Waals surface area contributed by atoms with Crippen LogP contribution in [0.15, 0.2) is 0 Å². The minimum absolute atomic E-state index is 0. The van der Waals surface area contributed by atoms with Crippen molar-refractivity contribution in [2.24, 2.45) is 0 Å². The summed E-state index contributed by atoms with van der Waals surface area (Å²) in [4.78, 5) is 17.3. The molecule has 2 N–H and O–H groups in total. The molecule has 3 heterocycles. The van der Waals surface area contributed by atoms with Gasteiger partial charge in [-0.1, -0.05) is 12.8 Å². The average molecular weight is 379 g/mol. The number of carbonyl (C=O) groups is 1. The van der Waals surface area contributed by atoms with Crippen LogP contribution in [0.1, 0.15) is 51.4 Å². The van der Waals surface area contributed by atoms with Gasteiger partial charge in [0.1, 0.15) is 0 Å². The van der Waals surface area contributed by atoms with E-state index in [4.69, 9.17) is 0 Å². The van der Waals surface area contributed by atoms with Crippen LogP contribution in [0.2, 0.25) is 0 Å². The average Bonchev–Trinajstić information content (AvgIpc) is 2.91. The van der Waals surface area contributed by atoms with Crippen LogP contribution in [0, 0.1) is 0 Å². The third-order valence-electron chi connectivity index (χ3n) is 6.35. The number of halogens is 2. The van der Waals surface area contributed by atoms with Crippen molar-refractivity contribution in [3.05, 3.63) is 0 Å². The van der Waals surface area contributed by atoms with E-state index in [0.717, 1.165) is 6.04 Å². The number of urea groups is 1. The van der Waals surface area contributed by atoms with Crippen LogP contribution in [0.4, 0.5) is 4.79 Å². The highest BCUT2D eigenvalue weighted by atomic mass is 35.5. The Kier molecular flexibility index (Phi) is 7.47. The summed E-state index contributed by atoms with van der Waals surface area (Å²) in [6, 6.07) is 2.39. The molecule has 2 amide bonds. The molecule has 0 aromatic heterocycles. The number of fused-ring (bicyclic) bond motifs is 1. The number of hydrogen-bond donors (Lipinski definition) is 2. The lowest BCUT2D eigenvalue weighted by Gasteiger charge is -2.43. The van der Waals surface area contributed by atoms with Gasteiger partial charge < -0.3 is 20.4 Å². The monoisotopic (exact) mass is 378 g/mol. The fourth-order valence-electron chi connectivity index (χ4n) is 5.13. The first-order chi connectivity index (χ1) is 10.8. The SMILES string of the molecule is Cl.Cl.O=C1N[C@H]2CCCC[C@@H]2N1C1CCN(C2CCNCC2)CC1. The number of amides is 2. The molecule has 4 rings (SSSR count). The first kappa shape index (κ1) is 20.1. The molecule has 0 bridgehead atoms. The molecule has 1 saturated carbocycles. The number of piperidine rings is 2. The quantitative estimate of drug-likeness (QED) is 0.775. The number of rotatable bonds is 2. The maximum Gasteiger partial charge on any atom is 0.318 e. The second kappa shape index (κ2) is 8.93. The number of carbonyl (C=O) groups excluding carboxylic acids is 1. The Hall–Kier alpha value is -0.230. The lowest BCUT2D eigenvalue weighted by Crippen LogP contribution is -2.53. The van der Waals surface area contributed by atoms with Crippen LogP contribution in [0.25, 0.3) is 0 Å². The van der Waals surface area contributed by atoms with Crippen molar-refractivity contribution in [2.45, 2.75) is 75.5 Å². The summed E-state index contributed by atoms with van der Waals surface area (Å²) in [5.74, 6) is 0. The number of nitrogens with one attached hydrogen (secondary N) is 2. The Morgan fingerprint density at radius 2 is 1.50 bits per heavy atom. The largest absolute Gasteiger partial charge is 0.333 e. The van der Waals surface area contributed by atoms with Crippen LogP contribution in [-0.2, 0) is 0 Å². The summed E-state index contributed by atoms with van der Waals surface area (Å²) < 4.78 is 0. The van der Waals surface area contributed by atoms with E-state index >= 15 is 0 Å². The maximum absolute atomic E-state index is 12.4. The molecule has 3 saturated heterocycles. The molecule has 4 aliphatic rings. The van der Waals surface area contributed by atoms with Crippen LogP contribution in [-0.4, -0.2) is 66.2 Å². The molecular formula is C17H32Cl2N4O. The number of nitrogens with zero attached hydrogens (tertiary/aromatic N) is 2. The lowest BCUT2D eigenvalue weighted by molar-refractivity contribution is 0.0725. The van der Waals surface area contributed by atoms with E-state index in [1.807, 2.05) is 0 Å². The third kappa shape index (κ3) is 3.95. The maximum atomic E-state index is 12.4. The molecule has 1 aliphatic carbocycles. The molecule has 4 fully saturated rings. The topological polar surface area (TPSA) is 47.6 Å². The van der Waals surface area contributed by atoms with Crippen LogP contribution in [0.5, 0.6) is 0 Å². The van der Waals surface area contributed by atoms with E-state index in [2.05, 4.69) is 20.4 Å².